The minimum absolute atomic E-state index is 0.125. The molecule has 2 rings (SSSR count). The van der Waals surface area contributed by atoms with Gasteiger partial charge >= 0.3 is 0 Å². The Bertz CT molecular complexity index is 679. The molecule has 2 aromatic carbocycles. The second kappa shape index (κ2) is 6.65. The molecule has 0 spiro atoms. The molecule has 0 amide bonds. The molecule has 2 nitrogen and oxygen atoms in total. The van der Waals surface area contributed by atoms with Gasteiger partial charge in [-0.25, -0.2) is 4.39 Å². The summed E-state index contributed by atoms with van der Waals surface area (Å²) in [6, 6.07) is 13.1. The minimum Gasteiger partial charge on any atom is -0.259 e. The molecular weight excluding hydrogens is 297 g/mol. The van der Waals surface area contributed by atoms with E-state index in [4.69, 9.17) is 16.9 Å². The highest BCUT2D eigenvalue weighted by Gasteiger charge is 2.09. The molecule has 0 saturated heterocycles. The van der Waals surface area contributed by atoms with Crippen molar-refractivity contribution in [3.63, 3.8) is 0 Å². The van der Waals surface area contributed by atoms with E-state index >= 15 is 0 Å². The van der Waals surface area contributed by atoms with Gasteiger partial charge in [0, 0.05) is 27.1 Å². The van der Waals surface area contributed by atoms with Crippen LogP contribution in [0, 0.1) is 17.1 Å². The normalized spacial score (nSPS) is 11.8. The second-order valence-electron chi connectivity index (χ2n) is 4.27. The Balaban J connectivity index is 2.05. The Kier molecular flexibility index (Phi) is 4.89. The van der Waals surface area contributed by atoms with E-state index in [2.05, 4.69) is 0 Å². The first kappa shape index (κ1) is 14.7. The fraction of sp³-hybridized carbons (Fsp3) is 0.133. The van der Waals surface area contributed by atoms with Gasteiger partial charge in [-0.1, -0.05) is 29.8 Å². The summed E-state index contributed by atoms with van der Waals surface area (Å²) in [5.74, 6) is -0.0231. The van der Waals surface area contributed by atoms with Gasteiger partial charge in [0.05, 0.1) is 17.4 Å². The highest BCUT2D eigenvalue weighted by Crippen LogP contribution is 2.15. The molecule has 102 valence electrons. The first-order valence-electron chi connectivity index (χ1n) is 5.86. The predicted molar refractivity (Wildman–Crippen MR) is 78.1 cm³/mol. The van der Waals surface area contributed by atoms with Crippen LogP contribution in [0.3, 0.4) is 0 Å². The number of hydrogen-bond acceptors (Lipinski definition) is 2. The standard InChI is InChI=1S/C15H11ClFNOS/c16-14-5-2-11(3-6-14)9-20(19)10-13-4-1-12(8-18)7-15(13)17/h1-7H,9-10H2. The van der Waals surface area contributed by atoms with Gasteiger partial charge in [0.1, 0.15) is 5.82 Å². The quantitative estimate of drug-likeness (QED) is 0.862. The summed E-state index contributed by atoms with van der Waals surface area (Å²) in [4.78, 5) is 0. The minimum atomic E-state index is -1.21. The van der Waals surface area contributed by atoms with Gasteiger partial charge in [-0.15, -0.1) is 0 Å². The molecule has 1 atom stereocenters. The van der Waals surface area contributed by atoms with Crippen LogP contribution in [-0.2, 0) is 22.3 Å². The van der Waals surface area contributed by atoms with Gasteiger partial charge in [-0.3, -0.25) is 4.21 Å². The summed E-state index contributed by atoms with van der Waals surface area (Å²) < 4.78 is 25.7. The van der Waals surface area contributed by atoms with Crippen LogP contribution in [0.15, 0.2) is 42.5 Å². The molecular formula is C15H11ClFNOS. The lowest BCUT2D eigenvalue weighted by molar-refractivity contribution is 0.614. The van der Waals surface area contributed by atoms with Crippen molar-refractivity contribution >= 4 is 22.4 Å². The lowest BCUT2D eigenvalue weighted by atomic mass is 10.1. The smallest absolute Gasteiger partial charge is 0.128 e. The van der Waals surface area contributed by atoms with Gasteiger partial charge in [-0.2, -0.15) is 5.26 Å². The van der Waals surface area contributed by atoms with Crippen LogP contribution >= 0.6 is 11.6 Å². The summed E-state index contributed by atoms with van der Waals surface area (Å²) in [7, 11) is -1.21. The molecule has 0 heterocycles. The maximum absolute atomic E-state index is 13.7. The SMILES string of the molecule is N#Cc1ccc(CS(=O)Cc2ccc(Cl)cc2)c(F)c1. The molecule has 2 aromatic rings. The third-order valence-corrected chi connectivity index (χ3v) is 4.28. The topological polar surface area (TPSA) is 40.9 Å². The summed E-state index contributed by atoms with van der Waals surface area (Å²) in [5.41, 5.74) is 1.51. The van der Waals surface area contributed by atoms with E-state index in [1.807, 2.05) is 6.07 Å². The van der Waals surface area contributed by atoms with Gasteiger partial charge in [0.15, 0.2) is 0 Å². The summed E-state index contributed by atoms with van der Waals surface area (Å²) in [6.45, 7) is 0. The molecule has 0 N–H and O–H groups in total. The predicted octanol–water partition coefficient (Wildman–Crippen LogP) is 3.80. The maximum atomic E-state index is 13.7. The van der Waals surface area contributed by atoms with Crippen molar-refractivity contribution in [3.8, 4) is 6.07 Å². The number of rotatable bonds is 4. The zero-order valence-corrected chi connectivity index (χ0v) is 12.0. The lowest BCUT2D eigenvalue weighted by Crippen LogP contribution is -2.01. The molecule has 0 saturated carbocycles. The van der Waals surface area contributed by atoms with Gasteiger partial charge in [0.2, 0.25) is 0 Å². The molecule has 1 unspecified atom stereocenters. The third kappa shape index (κ3) is 3.89. The van der Waals surface area contributed by atoms with Gasteiger partial charge < -0.3 is 0 Å². The zero-order valence-electron chi connectivity index (χ0n) is 10.5. The first-order valence-corrected chi connectivity index (χ1v) is 7.73. The molecule has 5 heteroatoms. The van der Waals surface area contributed by atoms with Crippen LogP contribution in [0.25, 0.3) is 0 Å². The molecule has 0 aromatic heterocycles. The molecule has 20 heavy (non-hydrogen) atoms. The van der Waals surface area contributed by atoms with Crippen molar-refractivity contribution in [2.45, 2.75) is 11.5 Å². The Labute approximate surface area is 124 Å². The summed E-state index contributed by atoms with van der Waals surface area (Å²) in [5, 5.41) is 9.29. The zero-order chi connectivity index (χ0) is 14.5. The van der Waals surface area contributed by atoms with E-state index in [-0.39, 0.29) is 11.3 Å². The highest BCUT2D eigenvalue weighted by molar-refractivity contribution is 7.83. The Hall–Kier alpha value is -1.70. The van der Waals surface area contributed by atoms with Crippen LogP contribution in [0.2, 0.25) is 5.02 Å². The van der Waals surface area contributed by atoms with Crippen LogP contribution in [0.1, 0.15) is 16.7 Å². The van der Waals surface area contributed by atoms with Crippen molar-refractivity contribution in [1.82, 2.24) is 0 Å². The molecule has 0 aliphatic carbocycles. The molecule has 0 bridgehead atoms. The van der Waals surface area contributed by atoms with E-state index in [1.165, 1.54) is 12.1 Å². The van der Waals surface area contributed by atoms with E-state index in [0.717, 1.165) is 11.6 Å². The number of benzene rings is 2. The largest absolute Gasteiger partial charge is 0.259 e. The lowest BCUT2D eigenvalue weighted by Gasteiger charge is -2.05. The van der Waals surface area contributed by atoms with E-state index in [1.54, 1.807) is 24.3 Å². The number of nitrogens with zero attached hydrogens (tertiary/aromatic N) is 1. The van der Waals surface area contributed by atoms with Crippen molar-refractivity contribution in [2.24, 2.45) is 0 Å². The monoisotopic (exact) mass is 307 g/mol. The number of halogens is 2. The average molecular weight is 308 g/mol. The van der Waals surface area contributed by atoms with Gasteiger partial charge in [-0.05, 0) is 29.8 Å². The van der Waals surface area contributed by atoms with Crippen molar-refractivity contribution in [3.05, 3.63) is 70.0 Å². The van der Waals surface area contributed by atoms with E-state index < -0.39 is 16.6 Å². The molecule has 0 aliphatic heterocycles. The summed E-state index contributed by atoms with van der Waals surface area (Å²) >= 11 is 5.78. The molecule has 0 fully saturated rings. The number of hydrogen-bond donors (Lipinski definition) is 0. The van der Waals surface area contributed by atoms with Crippen LogP contribution in [0.4, 0.5) is 4.39 Å². The summed E-state index contributed by atoms with van der Waals surface area (Å²) in [6.07, 6.45) is 0. The molecule has 0 aliphatic rings. The highest BCUT2D eigenvalue weighted by atomic mass is 35.5. The van der Waals surface area contributed by atoms with Gasteiger partial charge in [0.25, 0.3) is 0 Å². The third-order valence-electron chi connectivity index (χ3n) is 2.74. The van der Waals surface area contributed by atoms with Crippen molar-refractivity contribution in [2.75, 3.05) is 0 Å². The Morgan fingerprint density at radius 3 is 2.45 bits per heavy atom. The van der Waals surface area contributed by atoms with Crippen LogP contribution in [0.5, 0.6) is 0 Å². The van der Waals surface area contributed by atoms with E-state index in [0.29, 0.717) is 16.3 Å². The van der Waals surface area contributed by atoms with Crippen LogP contribution in [-0.4, -0.2) is 4.21 Å². The maximum Gasteiger partial charge on any atom is 0.128 e. The fourth-order valence-corrected chi connectivity index (χ4v) is 3.10. The Morgan fingerprint density at radius 2 is 1.85 bits per heavy atom. The second-order valence-corrected chi connectivity index (χ2v) is 6.17. The Morgan fingerprint density at radius 1 is 1.15 bits per heavy atom. The fourth-order valence-electron chi connectivity index (χ4n) is 1.72. The van der Waals surface area contributed by atoms with Crippen molar-refractivity contribution < 1.29 is 8.60 Å². The van der Waals surface area contributed by atoms with Crippen molar-refractivity contribution in [1.29, 1.82) is 5.26 Å². The van der Waals surface area contributed by atoms with E-state index in [9.17, 15) is 8.60 Å². The number of nitriles is 1. The van der Waals surface area contributed by atoms with Crippen LogP contribution < -0.4 is 0 Å². The first-order chi connectivity index (χ1) is 9.58. The molecule has 0 radical (unpaired) electrons. The average Bonchev–Trinajstić information content (AvgIpc) is 2.43.